The van der Waals surface area contributed by atoms with Crippen LogP contribution in [0.4, 0.5) is 0 Å². The lowest BCUT2D eigenvalue weighted by Gasteiger charge is -2.21. The van der Waals surface area contributed by atoms with E-state index in [2.05, 4.69) is 4.98 Å². The minimum atomic E-state index is -0.532. The second-order valence-corrected chi connectivity index (χ2v) is 5.13. The molecule has 0 aliphatic carbocycles. The van der Waals surface area contributed by atoms with Crippen molar-refractivity contribution in [2.45, 2.75) is 19.4 Å². The highest BCUT2D eigenvalue weighted by Crippen LogP contribution is 2.19. The highest BCUT2D eigenvalue weighted by atomic mass is 16.5. The van der Waals surface area contributed by atoms with Crippen LogP contribution in [0.3, 0.4) is 0 Å². The summed E-state index contributed by atoms with van der Waals surface area (Å²) < 4.78 is 5.26. The molecule has 2 rings (SSSR count). The van der Waals surface area contributed by atoms with Crippen molar-refractivity contribution < 1.29 is 9.53 Å². The van der Waals surface area contributed by atoms with Gasteiger partial charge >= 0.3 is 0 Å². The first-order chi connectivity index (χ1) is 10.1. The second kappa shape index (κ2) is 7.24. The molecule has 5 nitrogen and oxygen atoms in total. The van der Waals surface area contributed by atoms with Crippen molar-refractivity contribution in [3.8, 4) is 0 Å². The minimum Gasteiger partial charge on any atom is -0.380 e. The molecule has 0 bridgehead atoms. The van der Waals surface area contributed by atoms with E-state index in [0.717, 1.165) is 16.5 Å². The number of para-hydroxylation sites is 1. The van der Waals surface area contributed by atoms with E-state index in [1.54, 1.807) is 11.9 Å². The number of H-pyrrole nitrogens is 1. The molecule has 1 aromatic heterocycles. The fourth-order valence-electron chi connectivity index (χ4n) is 2.36. The Labute approximate surface area is 125 Å². The van der Waals surface area contributed by atoms with Crippen LogP contribution in [0.15, 0.2) is 30.5 Å². The van der Waals surface area contributed by atoms with E-state index in [4.69, 9.17) is 10.5 Å². The van der Waals surface area contributed by atoms with Crippen molar-refractivity contribution in [3.05, 3.63) is 36.0 Å². The molecule has 3 N–H and O–H groups in total. The molecule has 1 aromatic carbocycles. The number of nitrogens with two attached hydrogens (primary N) is 1. The van der Waals surface area contributed by atoms with Gasteiger partial charge in [-0.2, -0.15) is 0 Å². The lowest BCUT2D eigenvalue weighted by atomic mass is 10.0. The van der Waals surface area contributed by atoms with Gasteiger partial charge < -0.3 is 20.4 Å². The first kappa shape index (κ1) is 15.5. The zero-order valence-corrected chi connectivity index (χ0v) is 12.6. The normalized spacial score (nSPS) is 12.5. The third-order valence-corrected chi connectivity index (χ3v) is 3.58. The molecule has 114 valence electrons. The molecule has 5 heteroatoms. The lowest BCUT2D eigenvalue weighted by Crippen LogP contribution is -2.44. The number of ether oxygens (including phenoxy) is 1. The molecule has 0 fully saturated rings. The zero-order chi connectivity index (χ0) is 15.2. The third-order valence-electron chi connectivity index (χ3n) is 3.58. The van der Waals surface area contributed by atoms with Crippen LogP contribution in [0.2, 0.25) is 0 Å². The van der Waals surface area contributed by atoms with Crippen molar-refractivity contribution >= 4 is 16.8 Å². The van der Waals surface area contributed by atoms with Gasteiger partial charge in [-0.25, -0.2) is 0 Å². The fraction of sp³-hybridized carbons (Fsp3) is 0.438. The summed E-state index contributed by atoms with van der Waals surface area (Å²) in [6, 6.07) is 7.49. The van der Waals surface area contributed by atoms with Crippen molar-refractivity contribution in [1.82, 2.24) is 9.88 Å². The van der Waals surface area contributed by atoms with E-state index >= 15 is 0 Å². The van der Waals surface area contributed by atoms with Crippen LogP contribution >= 0.6 is 0 Å². The highest BCUT2D eigenvalue weighted by Gasteiger charge is 2.19. The molecule has 0 aliphatic rings. The van der Waals surface area contributed by atoms with Gasteiger partial charge in [0.1, 0.15) is 0 Å². The summed E-state index contributed by atoms with van der Waals surface area (Å²) in [5, 5.41) is 1.12. The molecule has 0 saturated carbocycles. The molecule has 0 saturated heterocycles. The lowest BCUT2D eigenvalue weighted by molar-refractivity contribution is -0.131. The average molecular weight is 289 g/mol. The molecule has 1 atom stereocenters. The number of hydrogen-bond acceptors (Lipinski definition) is 3. The van der Waals surface area contributed by atoms with Crippen LogP contribution in [-0.4, -0.2) is 48.6 Å². The number of amides is 1. The first-order valence-electron chi connectivity index (χ1n) is 7.26. The summed E-state index contributed by atoms with van der Waals surface area (Å²) in [5.41, 5.74) is 8.20. The fourth-order valence-corrected chi connectivity index (χ4v) is 2.36. The van der Waals surface area contributed by atoms with Gasteiger partial charge in [0.05, 0.1) is 12.6 Å². The van der Waals surface area contributed by atoms with E-state index in [9.17, 15) is 4.79 Å². The Hall–Kier alpha value is -1.85. The Morgan fingerprint density at radius 2 is 2.19 bits per heavy atom. The molecule has 0 aliphatic heterocycles. The predicted octanol–water partition coefficient (Wildman–Crippen LogP) is 1.53. The minimum absolute atomic E-state index is 0.0556. The van der Waals surface area contributed by atoms with Crippen LogP contribution in [-0.2, 0) is 16.0 Å². The quantitative estimate of drug-likeness (QED) is 0.759. The van der Waals surface area contributed by atoms with Gasteiger partial charge in [-0.3, -0.25) is 4.79 Å². The number of nitrogens with one attached hydrogen (secondary N) is 1. The summed E-state index contributed by atoms with van der Waals surface area (Å²) >= 11 is 0. The van der Waals surface area contributed by atoms with Crippen molar-refractivity contribution in [3.63, 3.8) is 0 Å². The predicted molar refractivity (Wildman–Crippen MR) is 84.1 cm³/mol. The number of aromatic amines is 1. The second-order valence-electron chi connectivity index (χ2n) is 5.13. The molecule has 1 unspecified atom stereocenters. The van der Waals surface area contributed by atoms with Crippen molar-refractivity contribution in [2.75, 3.05) is 26.8 Å². The number of likely N-dealkylation sites (N-methyl/N-ethyl adjacent to an activating group) is 1. The van der Waals surface area contributed by atoms with Gasteiger partial charge in [0.2, 0.25) is 5.91 Å². The van der Waals surface area contributed by atoms with Crippen LogP contribution in [0, 0.1) is 0 Å². The Morgan fingerprint density at radius 3 is 2.95 bits per heavy atom. The average Bonchev–Trinajstić information content (AvgIpc) is 2.90. The number of carbonyl (C=O) groups is 1. The zero-order valence-electron chi connectivity index (χ0n) is 12.6. The van der Waals surface area contributed by atoms with Gasteiger partial charge in [0.25, 0.3) is 0 Å². The Kier molecular flexibility index (Phi) is 5.36. The molecule has 2 aromatic rings. The number of rotatable bonds is 7. The van der Waals surface area contributed by atoms with Crippen molar-refractivity contribution in [1.29, 1.82) is 0 Å². The van der Waals surface area contributed by atoms with Gasteiger partial charge in [0, 0.05) is 37.3 Å². The third kappa shape index (κ3) is 3.83. The summed E-state index contributed by atoms with van der Waals surface area (Å²) in [7, 11) is 1.76. The van der Waals surface area contributed by atoms with Crippen LogP contribution in [0.1, 0.15) is 12.5 Å². The maximum absolute atomic E-state index is 12.2. The maximum atomic E-state index is 12.2. The van der Waals surface area contributed by atoms with E-state index in [-0.39, 0.29) is 5.91 Å². The monoisotopic (exact) mass is 289 g/mol. The number of fused-ring (bicyclic) bond motifs is 1. The largest absolute Gasteiger partial charge is 0.380 e. The maximum Gasteiger partial charge on any atom is 0.239 e. The van der Waals surface area contributed by atoms with Gasteiger partial charge in [-0.1, -0.05) is 18.2 Å². The Balaban J connectivity index is 1.97. The number of aromatic nitrogens is 1. The van der Waals surface area contributed by atoms with Crippen LogP contribution in [0.25, 0.3) is 10.9 Å². The topological polar surface area (TPSA) is 71.3 Å². The van der Waals surface area contributed by atoms with Gasteiger partial charge in [-0.05, 0) is 25.0 Å². The molecule has 1 amide bonds. The molecule has 0 radical (unpaired) electrons. The number of carbonyl (C=O) groups excluding carboxylic acids is 1. The molecule has 1 heterocycles. The number of hydrogen-bond donors (Lipinski definition) is 2. The molecule has 21 heavy (non-hydrogen) atoms. The molecular formula is C16H23N3O2. The first-order valence-corrected chi connectivity index (χ1v) is 7.26. The van der Waals surface area contributed by atoms with E-state index < -0.39 is 6.04 Å². The highest BCUT2D eigenvalue weighted by molar-refractivity contribution is 5.86. The number of benzene rings is 1. The standard InChI is InChI=1S/C16H23N3O2/c1-3-21-9-8-19(2)16(20)14(17)10-12-11-18-15-7-5-4-6-13(12)15/h4-7,11,14,18H,3,8-10,17H2,1-2H3. The summed E-state index contributed by atoms with van der Waals surface area (Å²) in [5.74, 6) is -0.0556. The number of nitrogens with zero attached hydrogens (tertiary/aromatic N) is 1. The Morgan fingerprint density at radius 1 is 1.43 bits per heavy atom. The van der Waals surface area contributed by atoms with Crippen LogP contribution in [0.5, 0.6) is 0 Å². The molecule has 0 spiro atoms. The molecular weight excluding hydrogens is 266 g/mol. The SMILES string of the molecule is CCOCCN(C)C(=O)C(N)Cc1c[nH]c2ccccc12. The smallest absolute Gasteiger partial charge is 0.239 e. The van der Waals surface area contributed by atoms with E-state index in [1.807, 2.05) is 37.4 Å². The Bertz CT molecular complexity index is 594. The van der Waals surface area contributed by atoms with Crippen LogP contribution < -0.4 is 5.73 Å². The van der Waals surface area contributed by atoms with E-state index in [0.29, 0.717) is 26.2 Å². The van der Waals surface area contributed by atoms with Gasteiger partial charge in [-0.15, -0.1) is 0 Å². The summed E-state index contributed by atoms with van der Waals surface area (Å²) in [6.07, 6.45) is 2.46. The summed E-state index contributed by atoms with van der Waals surface area (Å²) in [4.78, 5) is 17.1. The summed E-state index contributed by atoms with van der Waals surface area (Å²) in [6.45, 7) is 3.70. The van der Waals surface area contributed by atoms with Crippen molar-refractivity contribution in [2.24, 2.45) is 5.73 Å². The van der Waals surface area contributed by atoms with E-state index in [1.165, 1.54) is 0 Å². The van der Waals surface area contributed by atoms with Gasteiger partial charge in [0.15, 0.2) is 0 Å².